The van der Waals surface area contributed by atoms with E-state index in [1.807, 2.05) is 0 Å². The zero-order valence-corrected chi connectivity index (χ0v) is 20.0. The molecule has 220 valence electrons. The van der Waals surface area contributed by atoms with E-state index < -0.39 is 59.3 Å². The fourth-order valence-corrected chi connectivity index (χ4v) is 3.78. The van der Waals surface area contributed by atoms with Gasteiger partial charge in [-0.05, 0) is 30.2 Å². The second-order valence-corrected chi connectivity index (χ2v) is 8.69. The van der Waals surface area contributed by atoms with Gasteiger partial charge in [-0.3, -0.25) is 0 Å². The summed E-state index contributed by atoms with van der Waals surface area (Å²) >= 11 is 0. The highest BCUT2D eigenvalue weighted by Gasteiger charge is 2.90. The van der Waals surface area contributed by atoms with Gasteiger partial charge in [-0.25, -0.2) is 0 Å². The fraction of sp³-hybridized carbons (Fsp3) is 0.500. The Balaban J connectivity index is 2.67. The summed E-state index contributed by atoms with van der Waals surface area (Å²) in [6.45, 7) is 2.66. The first-order valence-electron chi connectivity index (χ1n) is 11.0. The monoisotopic (exact) mass is 588 g/mol. The number of aliphatic hydroxyl groups is 1. The van der Waals surface area contributed by atoms with Crippen LogP contribution < -0.4 is 4.74 Å². The molecule has 2 nitrogen and oxygen atoms in total. The Hall–Kier alpha value is -2.71. The van der Waals surface area contributed by atoms with Crippen LogP contribution >= 0.6 is 0 Å². The fourth-order valence-electron chi connectivity index (χ4n) is 3.78. The molecular formula is C24H21F13O2. The van der Waals surface area contributed by atoms with Crippen LogP contribution in [0.15, 0.2) is 54.6 Å². The summed E-state index contributed by atoms with van der Waals surface area (Å²) in [5.41, 5.74) is -3.95. The van der Waals surface area contributed by atoms with Crippen LogP contribution in [0, 0.1) is 0 Å². The molecule has 0 bridgehead atoms. The van der Waals surface area contributed by atoms with E-state index in [0.717, 1.165) is 31.2 Å². The van der Waals surface area contributed by atoms with Gasteiger partial charge in [0.15, 0.2) is 0 Å². The smallest absolute Gasteiger partial charge is 0.460 e. The zero-order chi connectivity index (χ0) is 30.3. The highest BCUT2D eigenvalue weighted by Crippen LogP contribution is 2.62. The van der Waals surface area contributed by atoms with E-state index in [0.29, 0.717) is 0 Å². The van der Waals surface area contributed by atoms with Crippen molar-refractivity contribution in [2.75, 3.05) is 6.61 Å². The van der Waals surface area contributed by atoms with Gasteiger partial charge in [-0.15, -0.1) is 0 Å². The average Bonchev–Trinajstić information content (AvgIpc) is 2.83. The molecule has 15 heteroatoms. The van der Waals surface area contributed by atoms with Crippen LogP contribution in [0.1, 0.15) is 37.3 Å². The van der Waals surface area contributed by atoms with Crippen molar-refractivity contribution >= 4 is 0 Å². The summed E-state index contributed by atoms with van der Waals surface area (Å²) in [5.74, 6) is -39.4. The molecule has 2 aromatic rings. The Morgan fingerprint density at radius 3 is 1.56 bits per heavy atom. The number of rotatable bonds is 11. The summed E-state index contributed by atoms with van der Waals surface area (Å²) in [6.07, 6.45) is -10.3. The van der Waals surface area contributed by atoms with Crippen LogP contribution in [0.5, 0.6) is 5.75 Å². The van der Waals surface area contributed by atoms with E-state index in [-0.39, 0.29) is 17.9 Å². The van der Waals surface area contributed by atoms with Crippen molar-refractivity contribution in [1.29, 1.82) is 0 Å². The van der Waals surface area contributed by atoms with E-state index in [1.165, 1.54) is 30.3 Å². The molecule has 0 fully saturated rings. The second kappa shape index (κ2) is 10.4. The van der Waals surface area contributed by atoms with Crippen LogP contribution in [-0.4, -0.2) is 47.5 Å². The molecule has 0 aliphatic heterocycles. The van der Waals surface area contributed by atoms with E-state index in [2.05, 4.69) is 0 Å². The van der Waals surface area contributed by atoms with Gasteiger partial charge >= 0.3 is 35.8 Å². The average molecular weight is 588 g/mol. The van der Waals surface area contributed by atoms with Gasteiger partial charge in [-0.2, -0.15) is 57.1 Å². The number of ether oxygens (including phenoxy) is 1. The molecule has 0 radical (unpaired) electrons. The molecule has 2 atom stereocenters. The summed E-state index contributed by atoms with van der Waals surface area (Å²) in [4.78, 5) is 0. The molecule has 0 spiro atoms. The number of halogens is 13. The van der Waals surface area contributed by atoms with Crippen molar-refractivity contribution in [2.24, 2.45) is 0 Å². The third-order valence-corrected chi connectivity index (χ3v) is 6.17. The highest BCUT2D eigenvalue weighted by molar-refractivity contribution is 5.35. The molecule has 0 amide bonds. The lowest BCUT2D eigenvalue weighted by atomic mass is 9.73. The van der Waals surface area contributed by atoms with Gasteiger partial charge in [0.25, 0.3) is 0 Å². The van der Waals surface area contributed by atoms with Gasteiger partial charge in [0.1, 0.15) is 11.4 Å². The zero-order valence-electron chi connectivity index (χ0n) is 20.0. The summed E-state index contributed by atoms with van der Waals surface area (Å²) < 4.78 is 183. The molecule has 0 aliphatic carbocycles. The normalized spacial score (nSPS) is 16.5. The Bertz CT molecular complexity index is 1100. The summed E-state index contributed by atoms with van der Waals surface area (Å²) in [5, 5.41) is 11.3. The molecule has 2 unspecified atom stereocenters. The molecule has 2 rings (SSSR count). The summed E-state index contributed by atoms with van der Waals surface area (Å²) in [6, 6.07) is 10.4. The van der Waals surface area contributed by atoms with E-state index >= 15 is 0 Å². The molecule has 0 aromatic heterocycles. The lowest BCUT2D eigenvalue weighted by molar-refractivity contribution is -0.441. The predicted octanol–water partition coefficient (Wildman–Crippen LogP) is 8.21. The van der Waals surface area contributed by atoms with Crippen LogP contribution in [0.4, 0.5) is 57.1 Å². The number of benzene rings is 2. The SMILES string of the molecule is CCOc1ccc(C(O)(CC(F)(F)C(F)(F)C(F)(F)C(F)(F)C(F)(F)C(F)(F)F)C(C)c2ccccc2)cc1. The van der Waals surface area contributed by atoms with E-state index in [1.54, 1.807) is 6.92 Å². The van der Waals surface area contributed by atoms with Crippen molar-refractivity contribution in [2.45, 2.75) is 67.6 Å². The van der Waals surface area contributed by atoms with Crippen LogP contribution in [0.3, 0.4) is 0 Å². The van der Waals surface area contributed by atoms with Crippen LogP contribution in [0.25, 0.3) is 0 Å². The van der Waals surface area contributed by atoms with Crippen molar-refractivity contribution in [3.8, 4) is 5.75 Å². The van der Waals surface area contributed by atoms with Crippen LogP contribution in [0.2, 0.25) is 0 Å². The Kier molecular flexibility index (Phi) is 8.63. The van der Waals surface area contributed by atoms with Gasteiger partial charge < -0.3 is 9.84 Å². The maximum absolute atomic E-state index is 14.9. The van der Waals surface area contributed by atoms with Gasteiger partial charge in [0.2, 0.25) is 0 Å². The van der Waals surface area contributed by atoms with Crippen LogP contribution in [-0.2, 0) is 5.60 Å². The molecule has 0 aliphatic rings. The van der Waals surface area contributed by atoms with Gasteiger partial charge in [-0.1, -0.05) is 49.4 Å². The third kappa shape index (κ3) is 5.38. The van der Waals surface area contributed by atoms with E-state index in [9.17, 15) is 62.2 Å². The van der Waals surface area contributed by atoms with Crippen molar-refractivity contribution < 1.29 is 66.9 Å². The first-order valence-corrected chi connectivity index (χ1v) is 11.0. The summed E-state index contributed by atoms with van der Waals surface area (Å²) in [7, 11) is 0. The third-order valence-electron chi connectivity index (χ3n) is 6.17. The maximum Gasteiger partial charge on any atom is 0.460 e. The Morgan fingerprint density at radius 1 is 0.667 bits per heavy atom. The maximum atomic E-state index is 14.9. The van der Waals surface area contributed by atoms with Gasteiger partial charge in [0, 0.05) is 5.92 Å². The quantitative estimate of drug-likeness (QED) is 0.268. The molecule has 1 N–H and O–H groups in total. The standard InChI is InChI=1S/C24H21F13O2/c1-3-39-17-11-9-16(10-12-17)18(38,14(2)15-7-5-4-6-8-15)13-19(25,26)20(27,28)21(29,30)22(31,32)23(33,34)24(35,36)37/h4-12,14,38H,3,13H2,1-2H3. The molecule has 2 aromatic carbocycles. The van der Waals surface area contributed by atoms with Crippen molar-refractivity contribution in [1.82, 2.24) is 0 Å². The van der Waals surface area contributed by atoms with Crippen molar-refractivity contribution in [3.05, 3.63) is 65.7 Å². The molecular weight excluding hydrogens is 567 g/mol. The van der Waals surface area contributed by atoms with Gasteiger partial charge in [0.05, 0.1) is 13.0 Å². The molecule has 0 saturated heterocycles. The van der Waals surface area contributed by atoms with Crippen molar-refractivity contribution in [3.63, 3.8) is 0 Å². The minimum Gasteiger partial charge on any atom is -0.494 e. The Labute approximate surface area is 213 Å². The first-order chi connectivity index (χ1) is 17.5. The lowest BCUT2D eigenvalue weighted by Crippen LogP contribution is -2.70. The number of hydrogen-bond donors (Lipinski definition) is 1. The van der Waals surface area contributed by atoms with E-state index in [4.69, 9.17) is 4.74 Å². The number of hydrogen-bond acceptors (Lipinski definition) is 2. The molecule has 0 heterocycles. The largest absolute Gasteiger partial charge is 0.494 e. The Morgan fingerprint density at radius 2 is 1.13 bits per heavy atom. The first kappa shape index (κ1) is 32.5. The number of alkyl halides is 13. The second-order valence-electron chi connectivity index (χ2n) is 8.69. The lowest BCUT2D eigenvalue weighted by Gasteiger charge is -2.43. The molecule has 39 heavy (non-hydrogen) atoms. The topological polar surface area (TPSA) is 29.5 Å². The predicted molar refractivity (Wildman–Crippen MR) is 112 cm³/mol. The molecule has 0 saturated carbocycles. The highest BCUT2D eigenvalue weighted by atomic mass is 19.4. The minimum atomic E-state index is -8.02. The minimum absolute atomic E-state index is 0.0336.